The van der Waals surface area contributed by atoms with E-state index in [4.69, 9.17) is 11.5 Å². The standard InChI is InChI=1S/C13H19N3OS/c1-13(3-2-4-18-13)8-16-12(17)9-5-10(14)7-11(15)6-9/h5-7H,2-4,8,14-15H2,1H3,(H,16,17). The Kier molecular flexibility index (Phi) is 3.71. The van der Waals surface area contributed by atoms with E-state index in [9.17, 15) is 4.79 Å². The highest BCUT2D eigenvalue weighted by Crippen LogP contribution is 2.36. The molecule has 1 unspecified atom stereocenters. The molecule has 1 aromatic rings. The Morgan fingerprint density at radius 1 is 1.39 bits per heavy atom. The highest BCUT2D eigenvalue weighted by Gasteiger charge is 2.29. The SMILES string of the molecule is CC1(CNC(=O)c2cc(N)cc(N)c2)CCCS1. The molecule has 18 heavy (non-hydrogen) atoms. The van der Waals surface area contributed by atoms with Crippen LogP contribution in [-0.4, -0.2) is 23.0 Å². The predicted molar refractivity (Wildman–Crippen MR) is 77.7 cm³/mol. The number of amides is 1. The molecule has 0 aliphatic carbocycles. The lowest BCUT2D eigenvalue weighted by Crippen LogP contribution is -2.36. The van der Waals surface area contributed by atoms with E-state index in [1.54, 1.807) is 18.2 Å². The molecule has 5 N–H and O–H groups in total. The van der Waals surface area contributed by atoms with Crippen molar-refractivity contribution in [3.8, 4) is 0 Å². The number of carbonyl (C=O) groups excluding carboxylic acids is 1. The van der Waals surface area contributed by atoms with Gasteiger partial charge in [0.25, 0.3) is 5.91 Å². The highest BCUT2D eigenvalue weighted by molar-refractivity contribution is 8.00. The van der Waals surface area contributed by atoms with Gasteiger partial charge in [0, 0.05) is 28.2 Å². The number of rotatable bonds is 3. The van der Waals surface area contributed by atoms with Gasteiger partial charge in [-0.25, -0.2) is 0 Å². The van der Waals surface area contributed by atoms with Crippen LogP contribution in [-0.2, 0) is 0 Å². The number of thioether (sulfide) groups is 1. The lowest BCUT2D eigenvalue weighted by Gasteiger charge is -2.22. The Balaban J connectivity index is 1.99. The lowest BCUT2D eigenvalue weighted by atomic mass is 10.1. The third-order valence-electron chi connectivity index (χ3n) is 3.16. The zero-order valence-electron chi connectivity index (χ0n) is 10.5. The molecule has 4 nitrogen and oxygen atoms in total. The molecule has 1 aromatic carbocycles. The van der Waals surface area contributed by atoms with Gasteiger partial charge in [0.1, 0.15) is 0 Å². The van der Waals surface area contributed by atoms with Crippen molar-refractivity contribution in [3.63, 3.8) is 0 Å². The smallest absolute Gasteiger partial charge is 0.251 e. The second-order valence-electron chi connectivity index (χ2n) is 4.97. The van der Waals surface area contributed by atoms with Gasteiger partial charge >= 0.3 is 0 Å². The topological polar surface area (TPSA) is 81.1 Å². The Bertz CT molecular complexity index is 435. The number of hydrogen-bond donors (Lipinski definition) is 3. The summed E-state index contributed by atoms with van der Waals surface area (Å²) in [5, 5.41) is 2.96. The molecule has 0 radical (unpaired) electrons. The van der Waals surface area contributed by atoms with Crippen LogP contribution < -0.4 is 16.8 Å². The first-order chi connectivity index (χ1) is 8.48. The van der Waals surface area contributed by atoms with E-state index < -0.39 is 0 Å². The molecule has 0 saturated carbocycles. The van der Waals surface area contributed by atoms with Crippen LogP contribution in [0.2, 0.25) is 0 Å². The molecular weight excluding hydrogens is 246 g/mol. The summed E-state index contributed by atoms with van der Waals surface area (Å²) < 4.78 is 0.168. The summed E-state index contributed by atoms with van der Waals surface area (Å²) in [7, 11) is 0. The Labute approximate surface area is 111 Å². The van der Waals surface area contributed by atoms with Crippen LogP contribution in [0.1, 0.15) is 30.1 Å². The van der Waals surface area contributed by atoms with Crippen LogP contribution in [0.15, 0.2) is 18.2 Å². The van der Waals surface area contributed by atoms with Gasteiger partial charge in [-0.1, -0.05) is 0 Å². The van der Waals surface area contributed by atoms with Crippen molar-refractivity contribution < 1.29 is 4.79 Å². The first-order valence-electron chi connectivity index (χ1n) is 6.07. The molecule has 0 aromatic heterocycles. The molecule has 5 heteroatoms. The van der Waals surface area contributed by atoms with Crippen LogP contribution in [0, 0.1) is 0 Å². The fourth-order valence-electron chi connectivity index (χ4n) is 2.15. The Morgan fingerprint density at radius 3 is 2.61 bits per heavy atom. The van der Waals surface area contributed by atoms with Crippen LogP contribution in [0.3, 0.4) is 0 Å². The third kappa shape index (κ3) is 3.10. The lowest BCUT2D eigenvalue weighted by molar-refractivity contribution is 0.0950. The number of carbonyl (C=O) groups is 1. The predicted octanol–water partition coefficient (Wildman–Crippen LogP) is 1.87. The quantitative estimate of drug-likeness (QED) is 0.729. The van der Waals surface area contributed by atoms with Crippen LogP contribution >= 0.6 is 11.8 Å². The molecule has 1 amide bonds. The minimum Gasteiger partial charge on any atom is -0.399 e. The van der Waals surface area contributed by atoms with E-state index in [1.165, 1.54) is 12.2 Å². The maximum absolute atomic E-state index is 12.0. The Morgan fingerprint density at radius 2 is 2.06 bits per heavy atom. The molecule has 1 aliphatic heterocycles. The van der Waals surface area contributed by atoms with E-state index in [1.807, 2.05) is 11.8 Å². The van der Waals surface area contributed by atoms with E-state index in [-0.39, 0.29) is 10.7 Å². The Hall–Kier alpha value is -1.36. The van der Waals surface area contributed by atoms with Crippen molar-refractivity contribution in [2.45, 2.75) is 24.5 Å². The normalized spacial score (nSPS) is 22.9. The molecule has 1 fully saturated rings. The van der Waals surface area contributed by atoms with Gasteiger partial charge in [0.2, 0.25) is 0 Å². The monoisotopic (exact) mass is 265 g/mol. The first-order valence-corrected chi connectivity index (χ1v) is 7.05. The number of nitrogens with two attached hydrogens (primary N) is 2. The maximum atomic E-state index is 12.0. The second kappa shape index (κ2) is 5.10. The number of benzene rings is 1. The second-order valence-corrected chi connectivity index (χ2v) is 6.66. The van der Waals surface area contributed by atoms with Crippen molar-refractivity contribution >= 4 is 29.0 Å². The van der Waals surface area contributed by atoms with Gasteiger partial charge < -0.3 is 16.8 Å². The summed E-state index contributed by atoms with van der Waals surface area (Å²) in [6, 6.07) is 4.94. The summed E-state index contributed by atoms with van der Waals surface area (Å²) in [6.45, 7) is 2.88. The molecule has 1 atom stereocenters. The van der Waals surface area contributed by atoms with E-state index >= 15 is 0 Å². The first kappa shape index (κ1) is 13.1. The summed E-state index contributed by atoms with van der Waals surface area (Å²) in [6.07, 6.45) is 2.37. The van der Waals surface area contributed by atoms with Crippen LogP contribution in [0.25, 0.3) is 0 Å². The summed E-state index contributed by atoms with van der Waals surface area (Å²) in [4.78, 5) is 12.0. The summed E-state index contributed by atoms with van der Waals surface area (Å²) >= 11 is 1.92. The molecule has 1 saturated heterocycles. The molecule has 0 bridgehead atoms. The average Bonchev–Trinajstić information content (AvgIpc) is 2.72. The van der Waals surface area contributed by atoms with Crippen molar-refractivity contribution in [2.24, 2.45) is 0 Å². The van der Waals surface area contributed by atoms with E-state index in [0.29, 0.717) is 23.5 Å². The van der Waals surface area contributed by atoms with E-state index in [2.05, 4.69) is 12.2 Å². The number of anilines is 2. The largest absolute Gasteiger partial charge is 0.399 e. The van der Waals surface area contributed by atoms with E-state index in [0.717, 1.165) is 6.42 Å². The summed E-state index contributed by atoms with van der Waals surface area (Å²) in [5.74, 6) is 1.07. The fraction of sp³-hybridized carbons (Fsp3) is 0.462. The van der Waals surface area contributed by atoms with Gasteiger partial charge in [0.05, 0.1) is 0 Å². The van der Waals surface area contributed by atoms with Crippen molar-refractivity contribution in [1.82, 2.24) is 5.32 Å². The molecule has 0 spiro atoms. The van der Waals surface area contributed by atoms with Crippen LogP contribution in [0.4, 0.5) is 11.4 Å². The molecule has 1 aliphatic rings. The fourth-order valence-corrected chi connectivity index (χ4v) is 3.40. The molecular formula is C13H19N3OS. The third-order valence-corrected chi connectivity index (χ3v) is 4.70. The zero-order chi connectivity index (χ0) is 13.2. The van der Waals surface area contributed by atoms with Gasteiger partial charge in [-0.05, 0) is 43.7 Å². The zero-order valence-corrected chi connectivity index (χ0v) is 11.3. The minimum absolute atomic E-state index is 0.109. The van der Waals surface area contributed by atoms with Crippen LogP contribution in [0.5, 0.6) is 0 Å². The average molecular weight is 265 g/mol. The number of nitrogen functional groups attached to an aromatic ring is 2. The maximum Gasteiger partial charge on any atom is 0.251 e. The van der Waals surface area contributed by atoms with Crippen molar-refractivity contribution in [2.75, 3.05) is 23.8 Å². The van der Waals surface area contributed by atoms with Gasteiger partial charge in [-0.2, -0.15) is 11.8 Å². The van der Waals surface area contributed by atoms with Crippen molar-refractivity contribution in [3.05, 3.63) is 23.8 Å². The van der Waals surface area contributed by atoms with Gasteiger partial charge in [-0.3, -0.25) is 4.79 Å². The molecule has 1 heterocycles. The minimum atomic E-state index is -0.109. The highest BCUT2D eigenvalue weighted by atomic mass is 32.2. The number of hydrogen-bond acceptors (Lipinski definition) is 4. The van der Waals surface area contributed by atoms with Gasteiger partial charge in [0.15, 0.2) is 0 Å². The summed E-state index contributed by atoms with van der Waals surface area (Å²) in [5.41, 5.74) is 12.9. The van der Waals surface area contributed by atoms with Gasteiger partial charge in [-0.15, -0.1) is 0 Å². The molecule has 98 valence electrons. The van der Waals surface area contributed by atoms with Crippen molar-refractivity contribution in [1.29, 1.82) is 0 Å². The molecule has 2 rings (SSSR count). The number of nitrogens with one attached hydrogen (secondary N) is 1.